The topological polar surface area (TPSA) is 71.2 Å². The Morgan fingerprint density at radius 1 is 1.46 bits per heavy atom. The van der Waals surface area contributed by atoms with Crippen LogP contribution >= 0.6 is 0 Å². The third-order valence-corrected chi connectivity index (χ3v) is 4.39. The number of aliphatic hydroxyl groups excluding tert-OH is 1. The monoisotopic (exact) mass is 332 g/mol. The van der Waals surface area contributed by atoms with Crippen LogP contribution in [0.15, 0.2) is 36.7 Å². The van der Waals surface area contributed by atoms with E-state index in [9.17, 15) is 14.3 Å². The Hall–Kier alpha value is -2.28. The van der Waals surface area contributed by atoms with Crippen molar-refractivity contribution in [2.24, 2.45) is 5.92 Å². The lowest BCUT2D eigenvalue weighted by molar-refractivity contribution is -0.131. The minimum Gasteiger partial charge on any atom is -0.389 e. The second kappa shape index (κ2) is 7.09. The Morgan fingerprint density at radius 2 is 2.29 bits per heavy atom. The number of hydrogen-bond donors (Lipinski definition) is 1. The molecule has 2 aromatic rings. The van der Waals surface area contributed by atoms with Crippen molar-refractivity contribution < 1.29 is 14.3 Å². The van der Waals surface area contributed by atoms with Gasteiger partial charge in [-0.1, -0.05) is 24.3 Å². The van der Waals surface area contributed by atoms with Gasteiger partial charge in [0.1, 0.15) is 5.82 Å². The zero-order chi connectivity index (χ0) is 17.1. The zero-order valence-corrected chi connectivity index (χ0v) is 13.5. The van der Waals surface area contributed by atoms with Crippen LogP contribution < -0.4 is 0 Å². The van der Waals surface area contributed by atoms with E-state index in [1.165, 1.54) is 12.1 Å². The molecule has 1 unspecified atom stereocenters. The molecule has 0 spiro atoms. The number of β-amino-alcohol motifs (C(OH)–C–C–N with tert-alkyl or cyclic N) is 1. The average Bonchev–Trinajstić information content (AvgIpc) is 3.16. The van der Waals surface area contributed by atoms with Crippen LogP contribution in [0.1, 0.15) is 24.9 Å². The first kappa shape index (κ1) is 16.6. The summed E-state index contributed by atoms with van der Waals surface area (Å²) in [5.41, 5.74) is 0.886. The second-order valence-corrected chi connectivity index (χ2v) is 6.46. The molecular weight excluding hydrogens is 311 g/mol. The molecule has 1 aromatic carbocycles. The van der Waals surface area contributed by atoms with Gasteiger partial charge < -0.3 is 10.0 Å². The van der Waals surface area contributed by atoms with Gasteiger partial charge in [0.05, 0.1) is 18.3 Å². The quantitative estimate of drug-likeness (QED) is 0.899. The van der Waals surface area contributed by atoms with Gasteiger partial charge in [-0.25, -0.2) is 9.07 Å². The molecule has 0 radical (unpaired) electrons. The minimum atomic E-state index is -0.644. The lowest BCUT2D eigenvalue weighted by atomic mass is 9.97. The first-order valence-corrected chi connectivity index (χ1v) is 8.09. The van der Waals surface area contributed by atoms with Crippen LogP contribution in [0.2, 0.25) is 0 Å². The second-order valence-electron chi connectivity index (χ2n) is 6.46. The Balaban J connectivity index is 1.55. The van der Waals surface area contributed by atoms with E-state index in [0.717, 1.165) is 5.56 Å². The van der Waals surface area contributed by atoms with E-state index in [-0.39, 0.29) is 23.7 Å². The molecule has 3 atom stereocenters. The molecule has 1 N–H and O–H groups in total. The van der Waals surface area contributed by atoms with Gasteiger partial charge in [0.25, 0.3) is 0 Å². The Bertz CT molecular complexity index is 692. The molecule has 128 valence electrons. The zero-order valence-electron chi connectivity index (χ0n) is 13.5. The summed E-state index contributed by atoms with van der Waals surface area (Å²) in [6.45, 7) is 2.70. The Kier molecular flexibility index (Phi) is 4.89. The van der Waals surface area contributed by atoms with Crippen molar-refractivity contribution in [3.63, 3.8) is 0 Å². The van der Waals surface area contributed by atoms with Crippen molar-refractivity contribution in [2.75, 3.05) is 13.1 Å². The molecule has 1 aromatic heterocycles. The van der Waals surface area contributed by atoms with Gasteiger partial charge in [0.15, 0.2) is 0 Å². The van der Waals surface area contributed by atoms with E-state index in [2.05, 4.69) is 10.3 Å². The predicted octanol–water partition coefficient (Wildman–Crippen LogP) is 1.43. The van der Waals surface area contributed by atoms with Crippen LogP contribution in [-0.2, 0) is 11.2 Å². The first-order chi connectivity index (χ1) is 11.5. The molecule has 0 bridgehead atoms. The van der Waals surface area contributed by atoms with Crippen molar-refractivity contribution in [3.05, 3.63) is 48.0 Å². The smallest absolute Gasteiger partial charge is 0.223 e. The van der Waals surface area contributed by atoms with Crippen LogP contribution in [0.5, 0.6) is 0 Å². The number of hydrogen-bond acceptors (Lipinski definition) is 4. The molecule has 0 saturated carbocycles. The van der Waals surface area contributed by atoms with E-state index >= 15 is 0 Å². The first-order valence-electron chi connectivity index (χ1n) is 8.09. The molecule has 1 aliphatic rings. The average molecular weight is 332 g/mol. The van der Waals surface area contributed by atoms with E-state index in [1.807, 2.05) is 13.0 Å². The van der Waals surface area contributed by atoms with Gasteiger partial charge in [-0.3, -0.25) is 4.79 Å². The number of carbonyl (C=O) groups is 1. The highest BCUT2D eigenvalue weighted by atomic mass is 19.1. The number of nitrogens with zero attached hydrogens (tertiary/aromatic N) is 4. The maximum atomic E-state index is 13.2. The van der Waals surface area contributed by atoms with Gasteiger partial charge in [-0.05, 0) is 30.0 Å². The van der Waals surface area contributed by atoms with Crippen molar-refractivity contribution in [3.8, 4) is 0 Å². The molecular formula is C17H21FN4O2. The third-order valence-electron chi connectivity index (χ3n) is 4.39. The maximum Gasteiger partial charge on any atom is 0.223 e. The van der Waals surface area contributed by atoms with Gasteiger partial charge in [0.2, 0.25) is 5.91 Å². The number of carbonyl (C=O) groups excluding carboxylic acids is 1. The highest BCUT2D eigenvalue weighted by Crippen LogP contribution is 2.23. The van der Waals surface area contributed by atoms with Crippen molar-refractivity contribution in [1.82, 2.24) is 19.9 Å². The third kappa shape index (κ3) is 3.79. The minimum absolute atomic E-state index is 0.000526. The highest BCUT2D eigenvalue weighted by molar-refractivity contribution is 5.76. The summed E-state index contributed by atoms with van der Waals surface area (Å²) in [6, 6.07) is 6.20. The lowest BCUT2D eigenvalue weighted by Gasteiger charge is -2.19. The number of halogens is 1. The molecule has 1 aliphatic heterocycles. The number of amides is 1. The molecule has 2 heterocycles. The molecule has 24 heavy (non-hydrogen) atoms. The summed E-state index contributed by atoms with van der Waals surface area (Å²) in [7, 11) is 0. The summed E-state index contributed by atoms with van der Waals surface area (Å²) in [5.74, 6) is -0.160. The number of benzene rings is 1. The Morgan fingerprint density at radius 3 is 3.00 bits per heavy atom. The normalized spacial score (nSPS) is 21.9. The number of aliphatic hydroxyl groups is 1. The van der Waals surface area contributed by atoms with Crippen LogP contribution in [0.4, 0.5) is 4.39 Å². The summed E-state index contributed by atoms with van der Waals surface area (Å²) < 4.78 is 14.8. The molecule has 1 fully saturated rings. The van der Waals surface area contributed by atoms with Crippen LogP contribution in [0.25, 0.3) is 0 Å². The summed E-state index contributed by atoms with van der Waals surface area (Å²) >= 11 is 0. The number of likely N-dealkylation sites (tertiary alicyclic amines) is 1. The number of aromatic nitrogens is 3. The van der Waals surface area contributed by atoms with Gasteiger partial charge in [-0.15, -0.1) is 5.10 Å². The standard InChI is InChI=1S/C17H21FN4O2/c1-12(7-13-3-2-4-14(18)9-13)8-17(24)21-10-15(16(23)11-21)22-6-5-19-20-22/h2-6,9,12,15-16,23H,7-8,10-11H2,1H3/t12?,15-,16-/m1/s1. The van der Waals surface area contributed by atoms with Gasteiger partial charge in [-0.2, -0.15) is 0 Å². The van der Waals surface area contributed by atoms with Gasteiger partial charge in [0, 0.05) is 25.7 Å². The fourth-order valence-electron chi connectivity index (χ4n) is 3.19. The maximum absolute atomic E-state index is 13.2. The van der Waals surface area contributed by atoms with Crippen LogP contribution in [0.3, 0.4) is 0 Å². The SMILES string of the molecule is CC(CC(=O)N1C[C@@H](O)[C@H](n2ccnn2)C1)Cc1cccc(F)c1. The van der Waals surface area contributed by atoms with Gasteiger partial charge >= 0.3 is 0 Å². The van der Waals surface area contributed by atoms with E-state index in [1.54, 1.807) is 28.0 Å². The molecule has 1 saturated heterocycles. The Labute approximate surface area is 139 Å². The molecule has 0 aliphatic carbocycles. The fraction of sp³-hybridized carbons (Fsp3) is 0.471. The van der Waals surface area contributed by atoms with Crippen LogP contribution in [0, 0.1) is 11.7 Å². The summed E-state index contributed by atoms with van der Waals surface area (Å²) in [6.07, 6.45) is 3.61. The van der Waals surface area contributed by atoms with E-state index < -0.39 is 6.10 Å². The van der Waals surface area contributed by atoms with Crippen LogP contribution in [-0.4, -0.2) is 50.1 Å². The molecule has 1 amide bonds. The van der Waals surface area contributed by atoms with Crippen molar-refractivity contribution >= 4 is 5.91 Å². The molecule has 6 nitrogen and oxygen atoms in total. The van der Waals surface area contributed by atoms with Crippen molar-refractivity contribution in [2.45, 2.75) is 31.9 Å². The molecule has 3 rings (SSSR count). The van der Waals surface area contributed by atoms with E-state index in [4.69, 9.17) is 0 Å². The largest absolute Gasteiger partial charge is 0.389 e. The molecule has 7 heteroatoms. The fourth-order valence-corrected chi connectivity index (χ4v) is 3.19. The summed E-state index contributed by atoms with van der Waals surface area (Å²) in [4.78, 5) is 14.1. The number of rotatable bonds is 5. The predicted molar refractivity (Wildman–Crippen MR) is 85.5 cm³/mol. The summed E-state index contributed by atoms with van der Waals surface area (Å²) in [5, 5.41) is 17.8. The van der Waals surface area contributed by atoms with Crippen molar-refractivity contribution in [1.29, 1.82) is 0 Å². The highest BCUT2D eigenvalue weighted by Gasteiger charge is 2.35. The van der Waals surface area contributed by atoms with E-state index in [0.29, 0.717) is 25.9 Å². The lowest BCUT2D eigenvalue weighted by Crippen LogP contribution is -2.31.